The third kappa shape index (κ3) is 7.30. The Morgan fingerprint density at radius 1 is 0.913 bits per heavy atom. The molecular weight excluding hydrogens is 292 g/mol. The van der Waals surface area contributed by atoms with E-state index in [4.69, 9.17) is 0 Å². The Morgan fingerprint density at radius 3 is 2.04 bits per heavy atom. The number of rotatable bonds is 12. The molecule has 0 bridgehead atoms. The minimum absolute atomic E-state index is 0.173. The maximum Gasteiger partial charge on any atom is 0.272 e. The third-order valence-electron chi connectivity index (χ3n) is 3.71. The number of hydrogen-bond acceptors (Lipinski definition) is 3. The summed E-state index contributed by atoms with van der Waals surface area (Å²) in [6.07, 6.45) is 10.2. The van der Waals surface area contributed by atoms with Crippen molar-refractivity contribution in [2.75, 3.05) is 13.1 Å². The van der Waals surface area contributed by atoms with Gasteiger partial charge in [0.15, 0.2) is 5.69 Å². The van der Waals surface area contributed by atoms with Crippen molar-refractivity contribution in [2.45, 2.75) is 65.2 Å². The second-order valence-electron chi connectivity index (χ2n) is 5.76. The molecule has 0 fully saturated rings. The Bertz CT molecular complexity index is 430. The second kappa shape index (κ2) is 11.7. The van der Waals surface area contributed by atoms with Gasteiger partial charge in [0.05, 0.1) is 6.33 Å². The van der Waals surface area contributed by atoms with Crippen LogP contribution in [0.2, 0.25) is 0 Å². The number of imidazole rings is 1. The van der Waals surface area contributed by atoms with Gasteiger partial charge in [0.25, 0.3) is 11.8 Å². The van der Waals surface area contributed by atoms with Crippen LogP contribution in [0.1, 0.15) is 86.2 Å². The summed E-state index contributed by atoms with van der Waals surface area (Å²) in [7, 11) is 0. The van der Waals surface area contributed by atoms with Gasteiger partial charge in [0.1, 0.15) is 5.69 Å². The molecule has 6 heteroatoms. The molecule has 0 saturated heterocycles. The Kier molecular flexibility index (Phi) is 9.75. The molecule has 6 nitrogen and oxygen atoms in total. The van der Waals surface area contributed by atoms with Crippen LogP contribution in [-0.4, -0.2) is 34.9 Å². The van der Waals surface area contributed by atoms with Crippen LogP contribution in [0.5, 0.6) is 0 Å². The zero-order chi connectivity index (χ0) is 16.9. The van der Waals surface area contributed by atoms with E-state index in [0.29, 0.717) is 13.1 Å². The van der Waals surface area contributed by atoms with E-state index >= 15 is 0 Å². The van der Waals surface area contributed by atoms with Crippen molar-refractivity contribution in [1.29, 1.82) is 0 Å². The van der Waals surface area contributed by atoms with E-state index in [1.54, 1.807) is 0 Å². The van der Waals surface area contributed by atoms with Crippen LogP contribution in [0.25, 0.3) is 0 Å². The number of carbonyl (C=O) groups is 2. The van der Waals surface area contributed by atoms with Gasteiger partial charge in [-0.15, -0.1) is 0 Å². The van der Waals surface area contributed by atoms with E-state index in [1.807, 2.05) is 0 Å². The largest absolute Gasteiger partial charge is 0.351 e. The van der Waals surface area contributed by atoms with Crippen molar-refractivity contribution >= 4 is 11.8 Å². The Morgan fingerprint density at radius 2 is 1.48 bits per heavy atom. The van der Waals surface area contributed by atoms with Gasteiger partial charge in [-0.2, -0.15) is 0 Å². The van der Waals surface area contributed by atoms with Crippen molar-refractivity contribution in [3.05, 3.63) is 17.7 Å². The minimum Gasteiger partial charge on any atom is -0.351 e. The molecule has 0 aliphatic heterocycles. The number of hydrogen-bond donors (Lipinski definition) is 3. The molecule has 0 aliphatic carbocycles. The number of aromatic amines is 1. The predicted octanol–water partition coefficient (Wildman–Crippen LogP) is 3.03. The molecule has 130 valence electrons. The molecule has 0 aromatic carbocycles. The van der Waals surface area contributed by atoms with Crippen LogP contribution >= 0.6 is 0 Å². The van der Waals surface area contributed by atoms with E-state index in [-0.39, 0.29) is 23.2 Å². The fourth-order valence-electron chi connectivity index (χ4n) is 2.32. The van der Waals surface area contributed by atoms with Gasteiger partial charge in [0.2, 0.25) is 0 Å². The van der Waals surface area contributed by atoms with Crippen molar-refractivity contribution in [3.63, 3.8) is 0 Å². The predicted molar refractivity (Wildman–Crippen MR) is 91.5 cm³/mol. The first kappa shape index (κ1) is 19.2. The average molecular weight is 322 g/mol. The minimum atomic E-state index is -0.293. The fraction of sp³-hybridized carbons (Fsp3) is 0.706. The molecule has 0 spiro atoms. The maximum absolute atomic E-state index is 12.1. The standard InChI is InChI=1S/C17H30N4O2/c1-3-5-7-9-11-18-16(22)14-15(21-13-20-14)17(23)19-12-10-8-6-4-2/h13H,3-12H2,1-2H3,(H,18,22)(H,19,23)(H,20,21). The van der Waals surface area contributed by atoms with Crippen LogP contribution in [0.3, 0.4) is 0 Å². The first-order valence-corrected chi connectivity index (χ1v) is 8.80. The maximum atomic E-state index is 12.1. The molecular formula is C17H30N4O2. The summed E-state index contributed by atoms with van der Waals surface area (Å²) in [5.41, 5.74) is 0.415. The highest BCUT2D eigenvalue weighted by Crippen LogP contribution is 2.04. The van der Waals surface area contributed by atoms with E-state index in [1.165, 1.54) is 19.2 Å². The smallest absolute Gasteiger partial charge is 0.272 e. The van der Waals surface area contributed by atoms with Crippen LogP contribution < -0.4 is 10.6 Å². The summed E-state index contributed by atoms with van der Waals surface area (Å²) < 4.78 is 0. The number of H-pyrrole nitrogens is 1. The molecule has 3 N–H and O–H groups in total. The molecule has 0 radical (unpaired) electrons. The molecule has 1 aromatic rings. The normalized spacial score (nSPS) is 10.5. The van der Waals surface area contributed by atoms with E-state index in [2.05, 4.69) is 34.4 Å². The lowest BCUT2D eigenvalue weighted by atomic mass is 10.2. The van der Waals surface area contributed by atoms with Gasteiger partial charge >= 0.3 is 0 Å². The lowest BCUT2D eigenvalue weighted by Gasteiger charge is -2.06. The van der Waals surface area contributed by atoms with Crippen molar-refractivity contribution < 1.29 is 9.59 Å². The number of aromatic nitrogens is 2. The van der Waals surface area contributed by atoms with Gasteiger partial charge in [-0.05, 0) is 12.8 Å². The Labute approximate surface area is 138 Å². The zero-order valence-electron chi connectivity index (χ0n) is 14.4. The second-order valence-corrected chi connectivity index (χ2v) is 5.76. The molecule has 0 aliphatic rings. The molecule has 0 atom stereocenters. The number of carbonyl (C=O) groups excluding carboxylic acids is 2. The topological polar surface area (TPSA) is 86.9 Å². The number of nitrogens with one attached hydrogen (secondary N) is 3. The van der Waals surface area contributed by atoms with E-state index in [0.717, 1.165) is 38.5 Å². The summed E-state index contributed by atoms with van der Waals surface area (Å²) in [4.78, 5) is 31.0. The van der Waals surface area contributed by atoms with Crippen molar-refractivity contribution in [1.82, 2.24) is 20.6 Å². The van der Waals surface area contributed by atoms with Gasteiger partial charge in [-0.3, -0.25) is 9.59 Å². The number of unbranched alkanes of at least 4 members (excludes halogenated alkanes) is 6. The van der Waals surface area contributed by atoms with Gasteiger partial charge in [0, 0.05) is 13.1 Å². The van der Waals surface area contributed by atoms with E-state index < -0.39 is 0 Å². The van der Waals surface area contributed by atoms with E-state index in [9.17, 15) is 9.59 Å². The average Bonchev–Trinajstić information content (AvgIpc) is 3.04. The van der Waals surface area contributed by atoms with Crippen molar-refractivity contribution in [3.8, 4) is 0 Å². The highest BCUT2D eigenvalue weighted by atomic mass is 16.2. The molecule has 0 saturated carbocycles. The van der Waals surface area contributed by atoms with Crippen LogP contribution in [0.15, 0.2) is 6.33 Å². The SMILES string of the molecule is CCCCCCNC(=O)c1nc[nH]c1C(=O)NCCCCCC. The first-order chi connectivity index (χ1) is 11.2. The molecule has 23 heavy (non-hydrogen) atoms. The summed E-state index contributed by atoms with van der Waals surface area (Å²) in [5.74, 6) is -0.561. The quantitative estimate of drug-likeness (QED) is 0.517. The van der Waals surface area contributed by atoms with Gasteiger partial charge in [-0.1, -0.05) is 52.4 Å². The molecule has 1 aromatic heterocycles. The molecule has 1 heterocycles. The highest BCUT2D eigenvalue weighted by molar-refractivity contribution is 6.04. The zero-order valence-corrected chi connectivity index (χ0v) is 14.4. The number of amides is 2. The fourth-order valence-corrected chi connectivity index (χ4v) is 2.32. The summed E-state index contributed by atoms with van der Waals surface area (Å²) in [5, 5.41) is 5.65. The Balaban J connectivity index is 2.38. The summed E-state index contributed by atoms with van der Waals surface area (Å²) in [6.45, 7) is 5.53. The lowest BCUT2D eigenvalue weighted by molar-refractivity contribution is 0.0913. The Hall–Kier alpha value is -1.85. The third-order valence-corrected chi connectivity index (χ3v) is 3.71. The van der Waals surface area contributed by atoms with Gasteiger partial charge in [-0.25, -0.2) is 4.98 Å². The van der Waals surface area contributed by atoms with Crippen LogP contribution in [0.4, 0.5) is 0 Å². The highest BCUT2D eigenvalue weighted by Gasteiger charge is 2.19. The lowest BCUT2D eigenvalue weighted by Crippen LogP contribution is -2.30. The summed E-state index contributed by atoms with van der Waals surface area (Å²) in [6, 6.07) is 0. The van der Waals surface area contributed by atoms with Crippen LogP contribution in [0, 0.1) is 0 Å². The van der Waals surface area contributed by atoms with Crippen LogP contribution in [-0.2, 0) is 0 Å². The molecule has 1 rings (SSSR count). The van der Waals surface area contributed by atoms with Crippen molar-refractivity contribution in [2.24, 2.45) is 0 Å². The molecule has 0 unspecified atom stereocenters. The monoisotopic (exact) mass is 322 g/mol. The summed E-state index contributed by atoms with van der Waals surface area (Å²) >= 11 is 0. The molecule has 2 amide bonds. The van der Waals surface area contributed by atoms with Gasteiger partial charge < -0.3 is 15.6 Å². The first-order valence-electron chi connectivity index (χ1n) is 8.80. The number of nitrogens with zero attached hydrogens (tertiary/aromatic N) is 1.